The van der Waals surface area contributed by atoms with Gasteiger partial charge in [0.25, 0.3) is 5.69 Å². The van der Waals surface area contributed by atoms with Gasteiger partial charge >= 0.3 is 0 Å². The first-order valence-electron chi connectivity index (χ1n) is 5.66. The summed E-state index contributed by atoms with van der Waals surface area (Å²) in [5, 5.41) is 20.8. The monoisotopic (exact) mass is 237 g/mol. The normalized spacial score (nSPS) is 21.4. The molecule has 1 heterocycles. The van der Waals surface area contributed by atoms with E-state index in [0.717, 1.165) is 6.42 Å². The number of nitro benzene ring substituents is 1. The minimum Gasteiger partial charge on any atom is -0.392 e. The maximum absolute atomic E-state index is 10.8. The molecule has 0 aliphatic carbocycles. The minimum atomic E-state index is -0.571. The summed E-state index contributed by atoms with van der Waals surface area (Å²) < 4.78 is 5.20. The lowest BCUT2D eigenvalue weighted by molar-refractivity contribution is -0.385. The van der Waals surface area contributed by atoms with Crippen LogP contribution in [-0.2, 0) is 11.2 Å². The quantitative estimate of drug-likeness (QED) is 0.636. The Morgan fingerprint density at radius 2 is 2.29 bits per heavy atom. The van der Waals surface area contributed by atoms with E-state index in [-0.39, 0.29) is 11.6 Å². The minimum absolute atomic E-state index is 0.0745. The standard InChI is InChI=1S/C12H15NO4/c14-12(10-5-6-17-8-10)7-9-3-1-2-4-11(9)13(15)16/h1-4,10,12,14H,5-8H2. The van der Waals surface area contributed by atoms with Crippen molar-refractivity contribution in [3.8, 4) is 0 Å². The number of hydrogen-bond donors (Lipinski definition) is 1. The van der Waals surface area contributed by atoms with Crippen LogP contribution >= 0.6 is 0 Å². The molecule has 0 radical (unpaired) electrons. The zero-order valence-corrected chi connectivity index (χ0v) is 9.41. The molecule has 17 heavy (non-hydrogen) atoms. The summed E-state index contributed by atoms with van der Waals surface area (Å²) in [6.45, 7) is 1.21. The van der Waals surface area contributed by atoms with Gasteiger partial charge in [0.15, 0.2) is 0 Å². The first kappa shape index (κ1) is 12.0. The van der Waals surface area contributed by atoms with Crippen LogP contribution in [0.5, 0.6) is 0 Å². The van der Waals surface area contributed by atoms with Crippen LogP contribution in [0.1, 0.15) is 12.0 Å². The summed E-state index contributed by atoms with van der Waals surface area (Å²) in [5.41, 5.74) is 0.655. The van der Waals surface area contributed by atoms with Gasteiger partial charge in [0, 0.05) is 30.6 Å². The molecule has 92 valence electrons. The average molecular weight is 237 g/mol. The summed E-state index contributed by atoms with van der Waals surface area (Å²) in [5.74, 6) is 0.0924. The highest BCUT2D eigenvalue weighted by Crippen LogP contribution is 2.24. The molecule has 0 amide bonds. The van der Waals surface area contributed by atoms with E-state index in [9.17, 15) is 15.2 Å². The summed E-state index contributed by atoms with van der Waals surface area (Å²) in [4.78, 5) is 10.4. The van der Waals surface area contributed by atoms with Crippen molar-refractivity contribution < 1.29 is 14.8 Å². The van der Waals surface area contributed by atoms with Crippen LogP contribution in [0.15, 0.2) is 24.3 Å². The average Bonchev–Trinajstić information content (AvgIpc) is 2.83. The van der Waals surface area contributed by atoms with E-state index in [4.69, 9.17) is 4.74 Å². The molecule has 2 atom stereocenters. The van der Waals surface area contributed by atoms with E-state index in [0.29, 0.717) is 25.2 Å². The van der Waals surface area contributed by atoms with Crippen molar-refractivity contribution in [2.24, 2.45) is 5.92 Å². The Morgan fingerprint density at radius 3 is 2.94 bits per heavy atom. The number of para-hydroxylation sites is 1. The maximum atomic E-state index is 10.8. The lowest BCUT2D eigenvalue weighted by Crippen LogP contribution is -2.23. The molecule has 1 aromatic carbocycles. The van der Waals surface area contributed by atoms with E-state index < -0.39 is 11.0 Å². The van der Waals surface area contributed by atoms with Crippen LogP contribution in [0.2, 0.25) is 0 Å². The Morgan fingerprint density at radius 1 is 1.53 bits per heavy atom. The molecule has 2 rings (SSSR count). The molecule has 1 N–H and O–H groups in total. The van der Waals surface area contributed by atoms with Gasteiger partial charge in [0.05, 0.1) is 17.6 Å². The van der Waals surface area contributed by atoms with Crippen molar-refractivity contribution in [2.45, 2.75) is 18.9 Å². The van der Waals surface area contributed by atoms with Crippen molar-refractivity contribution in [2.75, 3.05) is 13.2 Å². The van der Waals surface area contributed by atoms with Gasteiger partial charge in [0.2, 0.25) is 0 Å². The molecule has 1 aromatic rings. The highest BCUT2D eigenvalue weighted by Gasteiger charge is 2.26. The van der Waals surface area contributed by atoms with E-state index in [1.807, 2.05) is 0 Å². The third-order valence-corrected chi connectivity index (χ3v) is 3.13. The molecule has 1 saturated heterocycles. The van der Waals surface area contributed by atoms with Gasteiger partial charge in [-0.05, 0) is 6.42 Å². The van der Waals surface area contributed by atoms with Gasteiger partial charge in [-0.15, -0.1) is 0 Å². The van der Waals surface area contributed by atoms with Gasteiger partial charge in [0.1, 0.15) is 0 Å². The zero-order chi connectivity index (χ0) is 12.3. The maximum Gasteiger partial charge on any atom is 0.272 e. The number of benzene rings is 1. The molecule has 0 bridgehead atoms. The largest absolute Gasteiger partial charge is 0.392 e. The van der Waals surface area contributed by atoms with Gasteiger partial charge in [-0.2, -0.15) is 0 Å². The van der Waals surface area contributed by atoms with E-state index in [1.54, 1.807) is 18.2 Å². The first-order valence-corrected chi connectivity index (χ1v) is 5.66. The van der Waals surface area contributed by atoms with Crippen LogP contribution in [-0.4, -0.2) is 29.3 Å². The van der Waals surface area contributed by atoms with Crippen LogP contribution in [0, 0.1) is 16.0 Å². The highest BCUT2D eigenvalue weighted by atomic mass is 16.6. The van der Waals surface area contributed by atoms with E-state index >= 15 is 0 Å². The molecule has 0 aromatic heterocycles. The lowest BCUT2D eigenvalue weighted by Gasteiger charge is -2.16. The van der Waals surface area contributed by atoms with Crippen molar-refractivity contribution in [1.29, 1.82) is 0 Å². The second-order valence-electron chi connectivity index (χ2n) is 4.28. The fourth-order valence-corrected chi connectivity index (χ4v) is 2.11. The Balaban J connectivity index is 2.09. The van der Waals surface area contributed by atoms with E-state index in [2.05, 4.69) is 0 Å². The molecule has 5 nitrogen and oxygen atoms in total. The second-order valence-corrected chi connectivity index (χ2v) is 4.28. The molecule has 1 aliphatic heterocycles. The molecule has 2 unspecified atom stereocenters. The molecule has 1 fully saturated rings. The number of ether oxygens (including phenoxy) is 1. The second kappa shape index (κ2) is 5.25. The summed E-state index contributed by atoms with van der Waals surface area (Å²) in [6.07, 6.45) is 0.561. The fraction of sp³-hybridized carbons (Fsp3) is 0.500. The SMILES string of the molecule is O=[N+]([O-])c1ccccc1CC(O)C1CCOC1. The number of hydrogen-bond acceptors (Lipinski definition) is 4. The number of aliphatic hydroxyl groups excluding tert-OH is 1. The van der Waals surface area contributed by atoms with E-state index in [1.165, 1.54) is 6.07 Å². The third-order valence-electron chi connectivity index (χ3n) is 3.13. The molecular weight excluding hydrogens is 222 g/mol. The third kappa shape index (κ3) is 2.81. The summed E-state index contributed by atoms with van der Waals surface area (Å²) >= 11 is 0. The summed E-state index contributed by atoms with van der Waals surface area (Å²) in [6, 6.07) is 6.54. The van der Waals surface area contributed by atoms with Crippen LogP contribution < -0.4 is 0 Å². The predicted molar refractivity (Wildman–Crippen MR) is 61.7 cm³/mol. The van der Waals surface area contributed by atoms with Gasteiger partial charge in [-0.25, -0.2) is 0 Å². The van der Waals surface area contributed by atoms with Crippen molar-refractivity contribution in [3.05, 3.63) is 39.9 Å². The van der Waals surface area contributed by atoms with Gasteiger partial charge in [-0.3, -0.25) is 10.1 Å². The Labute approximate surface area is 99.2 Å². The lowest BCUT2D eigenvalue weighted by atomic mass is 9.95. The molecule has 5 heteroatoms. The Hall–Kier alpha value is -1.46. The highest BCUT2D eigenvalue weighted by molar-refractivity contribution is 5.40. The van der Waals surface area contributed by atoms with Crippen molar-refractivity contribution in [1.82, 2.24) is 0 Å². The number of aliphatic hydroxyl groups is 1. The number of nitrogens with zero attached hydrogens (tertiary/aromatic N) is 1. The fourth-order valence-electron chi connectivity index (χ4n) is 2.11. The molecule has 0 spiro atoms. The smallest absolute Gasteiger partial charge is 0.272 e. The Kier molecular flexibility index (Phi) is 3.71. The topological polar surface area (TPSA) is 72.6 Å². The number of nitro groups is 1. The van der Waals surface area contributed by atoms with Crippen molar-refractivity contribution in [3.63, 3.8) is 0 Å². The van der Waals surface area contributed by atoms with Crippen LogP contribution in [0.3, 0.4) is 0 Å². The summed E-state index contributed by atoms with van der Waals surface area (Å²) in [7, 11) is 0. The zero-order valence-electron chi connectivity index (χ0n) is 9.41. The van der Waals surface area contributed by atoms with Gasteiger partial charge < -0.3 is 9.84 Å². The van der Waals surface area contributed by atoms with Crippen LogP contribution in [0.4, 0.5) is 5.69 Å². The van der Waals surface area contributed by atoms with Crippen LogP contribution in [0.25, 0.3) is 0 Å². The number of rotatable bonds is 4. The molecule has 0 saturated carbocycles. The predicted octanol–water partition coefficient (Wildman–Crippen LogP) is 1.53. The molecule has 1 aliphatic rings. The molecular formula is C12H15NO4. The van der Waals surface area contributed by atoms with Gasteiger partial charge in [-0.1, -0.05) is 18.2 Å². The van der Waals surface area contributed by atoms with Crippen molar-refractivity contribution >= 4 is 5.69 Å². The Bertz CT molecular complexity index is 401. The first-order chi connectivity index (χ1) is 8.18.